The zero-order chi connectivity index (χ0) is 20.8. The molecule has 1 aliphatic rings. The molecule has 5 heteroatoms. The van der Waals surface area contributed by atoms with Crippen molar-refractivity contribution in [3.8, 4) is 21.8 Å². The normalized spacial score (nSPS) is 18.8. The van der Waals surface area contributed by atoms with Gasteiger partial charge >= 0.3 is 0 Å². The maximum Gasteiger partial charge on any atom is 0.227 e. The van der Waals surface area contributed by atoms with Crippen molar-refractivity contribution in [2.75, 3.05) is 5.32 Å². The Morgan fingerprint density at radius 3 is 2.73 bits per heavy atom. The molecule has 2 aromatic heterocycles. The number of unbranched alkanes of at least 4 members (excludes halogenated alkanes) is 1. The van der Waals surface area contributed by atoms with Crippen molar-refractivity contribution >= 4 is 22.9 Å². The maximum atomic E-state index is 12.8. The van der Waals surface area contributed by atoms with E-state index in [1.54, 1.807) is 17.5 Å². The summed E-state index contributed by atoms with van der Waals surface area (Å²) in [5.74, 6) is 1.12. The molecular formula is C25H29N3OS. The Labute approximate surface area is 182 Å². The smallest absolute Gasteiger partial charge is 0.227 e. The number of rotatable bonds is 7. The van der Waals surface area contributed by atoms with Gasteiger partial charge in [-0.3, -0.25) is 9.78 Å². The van der Waals surface area contributed by atoms with Crippen molar-refractivity contribution in [1.82, 2.24) is 9.97 Å². The molecule has 156 valence electrons. The summed E-state index contributed by atoms with van der Waals surface area (Å²) in [5.41, 5.74) is 3.81. The molecule has 4 nitrogen and oxygen atoms in total. The van der Waals surface area contributed by atoms with Gasteiger partial charge in [0.15, 0.2) is 0 Å². The van der Waals surface area contributed by atoms with Gasteiger partial charge in [0.2, 0.25) is 5.91 Å². The van der Waals surface area contributed by atoms with Gasteiger partial charge in [0.1, 0.15) is 5.01 Å². The second kappa shape index (κ2) is 9.98. The number of carbonyl (C=O) groups is 1. The lowest BCUT2D eigenvalue weighted by Crippen LogP contribution is -2.27. The van der Waals surface area contributed by atoms with E-state index in [1.807, 2.05) is 42.6 Å². The maximum absolute atomic E-state index is 12.8. The Balaban J connectivity index is 1.38. The van der Waals surface area contributed by atoms with E-state index in [2.05, 4.69) is 22.6 Å². The lowest BCUT2D eigenvalue weighted by atomic mass is 9.79. The van der Waals surface area contributed by atoms with Crippen LogP contribution >= 0.6 is 11.3 Å². The topological polar surface area (TPSA) is 54.9 Å². The summed E-state index contributed by atoms with van der Waals surface area (Å²) in [6.07, 6.45) is 11.9. The van der Waals surface area contributed by atoms with Crippen LogP contribution in [0.1, 0.15) is 51.9 Å². The lowest BCUT2D eigenvalue weighted by molar-refractivity contribution is -0.121. The molecule has 4 rings (SSSR count). The fourth-order valence-corrected chi connectivity index (χ4v) is 5.05. The molecular weight excluding hydrogens is 390 g/mol. The van der Waals surface area contributed by atoms with Crippen molar-refractivity contribution in [1.29, 1.82) is 0 Å². The van der Waals surface area contributed by atoms with Crippen LogP contribution in [0.4, 0.5) is 5.69 Å². The molecule has 0 atom stereocenters. The van der Waals surface area contributed by atoms with E-state index in [9.17, 15) is 4.79 Å². The monoisotopic (exact) mass is 419 g/mol. The average molecular weight is 420 g/mol. The third-order valence-corrected chi connectivity index (χ3v) is 6.91. The zero-order valence-electron chi connectivity index (χ0n) is 17.5. The highest BCUT2D eigenvalue weighted by atomic mass is 32.1. The largest absolute Gasteiger partial charge is 0.326 e. The third-order valence-electron chi connectivity index (χ3n) is 6.02. The summed E-state index contributed by atoms with van der Waals surface area (Å²) < 4.78 is 0. The second-order valence-electron chi connectivity index (χ2n) is 8.21. The molecule has 1 aliphatic carbocycles. The molecule has 0 radical (unpaired) electrons. The predicted octanol–water partition coefficient (Wildman–Crippen LogP) is 6.81. The van der Waals surface area contributed by atoms with E-state index >= 15 is 0 Å². The molecule has 1 saturated carbocycles. The van der Waals surface area contributed by atoms with Crippen LogP contribution in [0.15, 0.2) is 54.2 Å². The molecule has 3 aromatic rings. The number of aromatic nitrogens is 2. The van der Waals surface area contributed by atoms with Gasteiger partial charge in [-0.25, -0.2) is 4.98 Å². The first-order valence-electron chi connectivity index (χ1n) is 11.0. The fourth-order valence-electron chi connectivity index (χ4n) is 4.23. The average Bonchev–Trinajstić information content (AvgIpc) is 3.29. The van der Waals surface area contributed by atoms with Crippen LogP contribution in [0.5, 0.6) is 0 Å². The van der Waals surface area contributed by atoms with Gasteiger partial charge in [0.05, 0.1) is 5.69 Å². The highest BCUT2D eigenvalue weighted by Gasteiger charge is 2.26. The van der Waals surface area contributed by atoms with Crippen molar-refractivity contribution in [2.24, 2.45) is 11.8 Å². The van der Waals surface area contributed by atoms with Crippen molar-refractivity contribution in [3.05, 3.63) is 54.2 Å². The Morgan fingerprint density at radius 1 is 1.13 bits per heavy atom. The van der Waals surface area contributed by atoms with Gasteiger partial charge in [-0.15, -0.1) is 11.3 Å². The first kappa shape index (κ1) is 20.7. The highest BCUT2D eigenvalue weighted by molar-refractivity contribution is 7.13. The van der Waals surface area contributed by atoms with Crippen LogP contribution in [0.25, 0.3) is 21.8 Å². The molecule has 1 aromatic carbocycles. The minimum Gasteiger partial charge on any atom is -0.326 e. The van der Waals surface area contributed by atoms with Gasteiger partial charge in [-0.1, -0.05) is 38.3 Å². The Hall–Kier alpha value is -2.53. The van der Waals surface area contributed by atoms with Gasteiger partial charge in [-0.2, -0.15) is 0 Å². The minimum absolute atomic E-state index is 0.142. The number of pyridine rings is 1. The number of anilines is 1. The van der Waals surface area contributed by atoms with Crippen LogP contribution < -0.4 is 5.32 Å². The Morgan fingerprint density at radius 2 is 1.97 bits per heavy atom. The molecule has 30 heavy (non-hydrogen) atoms. The molecule has 1 fully saturated rings. The molecule has 1 N–H and O–H groups in total. The summed E-state index contributed by atoms with van der Waals surface area (Å²) in [6.45, 7) is 2.25. The lowest BCUT2D eigenvalue weighted by Gasteiger charge is -2.27. The fraction of sp³-hybridized carbons (Fsp3) is 0.400. The van der Waals surface area contributed by atoms with Crippen LogP contribution in [0, 0.1) is 11.8 Å². The summed E-state index contributed by atoms with van der Waals surface area (Å²) in [6, 6.07) is 11.9. The van der Waals surface area contributed by atoms with Gasteiger partial charge in [0.25, 0.3) is 0 Å². The molecule has 0 bridgehead atoms. The van der Waals surface area contributed by atoms with E-state index in [1.165, 1.54) is 32.1 Å². The summed E-state index contributed by atoms with van der Waals surface area (Å²) in [4.78, 5) is 21.7. The molecule has 0 aliphatic heterocycles. The number of thiazole rings is 1. The number of nitrogens with one attached hydrogen (secondary N) is 1. The first-order chi connectivity index (χ1) is 14.7. The van der Waals surface area contributed by atoms with E-state index in [0.29, 0.717) is 0 Å². The van der Waals surface area contributed by atoms with Crippen LogP contribution in [0.2, 0.25) is 0 Å². The molecule has 2 heterocycles. The highest BCUT2D eigenvalue weighted by Crippen LogP contribution is 2.33. The van der Waals surface area contributed by atoms with E-state index < -0.39 is 0 Å². The Bertz CT molecular complexity index is 961. The van der Waals surface area contributed by atoms with Gasteiger partial charge in [-0.05, 0) is 55.9 Å². The third kappa shape index (κ3) is 5.14. The molecule has 0 saturated heterocycles. The molecule has 0 spiro atoms. The summed E-state index contributed by atoms with van der Waals surface area (Å²) in [7, 11) is 0. The zero-order valence-corrected chi connectivity index (χ0v) is 18.3. The van der Waals surface area contributed by atoms with E-state index in [4.69, 9.17) is 4.98 Å². The minimum atomic E-state index is 0.142. The molecule has 1 amide bonds. The van der Waals surface area contributed by atoms with Gasteiger partial charge in [0, 0.05) is 40.5 Å². The predicted molar refractivity (Wildman–Crippen MR) is 124 cm³/mol. The second-order valence-corrected chi connectivity index (χ2v) is 9.07. The number of amides is 1. The standard InChI is InChI=1S/C25H29N3OS/c1-2-3-6-18-10-12-19(13-11-18)24(29)27-22-9-4-7-20(15-22)23-17-30-25(28-23)21-8-5-14-26-16-21/h4-5,7-9,14-19H,2-3,6,10-13H2,1H3,(H,27,29). The van der Waals surface area contributed by atoms with Crippen molar-refractivity contribution in [2.45, 2.75) is 51.9 Å². The number of hydrogen-bond donors (Lipinski definition) is 1. The van der Waals surface area contributed by atoms with Crippen LogP contribution in [-0.2, 0) is 4.79 Å². The van der Waals surface area contributed by atoms with Crippen molar-refractivity contribution in [3.63, 3.8) is 0 Å². The number of benzene rings is 1. The first-order valence-corrected chi connectivity index (χ1v) is 11.9. The van der Waals surface area contributed by atoms with E-state index in [-0.39, 0.29) is 11.8 Å². The Kier molecular flexibility index (Phi) is 6.90. The number of nitrogens with zero attached hydrogens (tertiary/aromatic N) is 2. The molecule has 0 unspecified atom stereocenters. The van der Waals surface area contributed by atoms with Crippen LogP contribution in [-0.4, -0.2) is 15.9 Å². The summed E-state index contributed by atoms with van der Waals surface area (Å²) in [5, 5.41) is 6.15. The van der Waals surface area contributed by atoms with Crippen molar-refractivity contribution < 1.29 is 4.79 Å². The quantitative estimate of drug-likeness (QED) is 0.458. The number of hydrogen-bond acceptors (Lipinski definition) is 4. The summed E-state index contributed by atoms with van der Waals surface area (Å²) >= 11 is 1.61. The van der Waals surface area contributed by atoms with E-state index in [0.717, 1.165) is 46.3 Å². The van der Waals surface area contributed by atoms with Gasteiger partial charge < -0.3 is 5.32 Å². The van der Waals surface area contributed by atoms with Crippen LogP contribution in [0.3, 0.4) is 0 Å². The SMILES string of the molecule is CCCCC1CCC(C(=O)Nc2cccc(-c3csc(-c4cccnc4)n3)c2)CC1. The number of carbonyl (C=O) groups excluding carboxylic acids is 1.